The second-order valence-electron chi connectivity index (χ2n) is 4.46. The van der Waals surface area contributed by atoms with Crippen LogP contribution in [-0.4, -0.2) is 5.11 Å². The number of hydrogen-bond acceptors (Lipinski definition) is 3. The van der Waals surface area contributed by atoms with Crippen LogP contribution in [0.2, 0.25) is 0 Å². The van der Waals surface area contributed by atoms with Crippen molar-refractivity contribution in [3.63, 3.8) is 0 Å². The van der Waals surface area contributed by atoms with Crippen molar-refractivity contribution in [2.75, 3.05) is 0 Å². The molecule has 0 saturated heterocycles. The third-order valence-corrected chi connectivity index (χ3v) is 3.17. The molecule has 0 amide bonds. The SMILES string of the molecule is CC#CC(O)(c1ccc(C#N)cc1)c1ccc(C#N)cc1. The second-order valence-corrected chi connectivity index (χ2v) is 4.46. The minimum absolute atomic E-state index is 0.519. The molecule has 0 heterocycles. The lowest BCUT2D eigenvalue weighted by Crippen LogP contribution is -2.25. The van der Waals surface area contributed by atoms with Crippen LogP contribution < -0.4 is 0 Å². The molecule has 21 heavy (non-hydrogen) atoms. The highest BCUT2D eigenvalue weighted by Gasteiger charge is 2.29. The van der Waals surface area contributed by atoms with Crippen LogP contribution in [0.5, 0.6) is 0 Å². The lowest BCUT2D eigenvalue weighted by Gasteiger charge is -2.23. The molecule has 100 valence electrons. The van der Waals surface area contributed by atoms with Gasteiger partial charge in [-0.05, 0) is 31.2 Å². The van der Waals surface area contributed by atoms with E-state index in [9.17, 15) is 5.11 Å². The fraction of sp³-hybridized carbons (Fsp3) is 0.111. The Bertz CT molecular complexity index is 721. The molecule has 0 atom stereocenters. The Balaban J connectivity index is 2.55. The molecule has 2 rings (SSSR count). The quantitative estimate of drug-likeness (QED) is 0.855. The first kappa shape index (κ1) is 14.4. The van der Waals surface area contributed by atoms with Crippen molar-refractivity contribution in [3.8, 4) is 24.0 Å². The van der Waals surface area contributed by atoms with Gasteiger partial charge in [0.05, 0.1) is 23.3 Å². The molecule has 0 unspecified atom stereocenters. The maximum atomic E-state index is 10.9. The molecule has 0 radical (unpaired) electrons. The summed E-state index contributed by atoms with van der Waals surface area (Å²) >= 11 is 0. The highest BCUT2D eigenvalue weighted by molar-refractivity contribution is 5.47. The summed E-state index contributed by atoms with van der Waals surface area (Å²) in [6.45, 7) is 1.65. The monoisotopic (exact) mass is 272 g/mol. The largest absolute Gasteiger partial charge is 0.369 e. The van der Waals surface area contributed by atoms with E-state index in [4.69, 9.17) is 10.5 Å². The van der Waals surface area contributed by atoms with Crippen LogP contribution in [0.3, 0.4) is 0 Å². The maximum Gasteiger partial charge on any atom is 0.176 e. The molecular formula is C18H12N2O. The zero-order valence-corrected chi connectivity index (χ0v) is 11.5. The molecule has 0 spiro atoms. The first-order chi connectivity index (χ1) is 10.1. The number of rotatable bonds is 2. The van der Waals surface area contributed by atoms with Gasteiger partial charge >= 0.3 is 0 Å². The van der Waals surface area contributed by atoms with Crippen molar-refractivity contribution in [3.05, 3.63) is 70.8 Å². The van der Waals surface area contributed by atoms with Crippen LogP contribution in [0.15, 0.2) is 48.5 Å². The Labute approximate surface area is 123 Å². The predicted molar refractivity (Wildman–Crippen MR) is 78.8 cm³/mol. The van der Waals surface area contributed by atoms with Crippen molar-refractivity contribution < 1.29 is 5.11 Å². The van der Waals surface area contributed by atoms with Gasteiger partial charge in [-0.25, -0.2) is 0 Å². The number of hydrogen-bond donors (Lipinski definition) is 1. The molecule has 3 heteroatoms. The van der Waals surface area contributed by atoms with E-state index < -0.39 is 5.60 Å². The lowest BCUT2D eigenvalue weighted by molar-refractivity contribution is 0.145. The highest BCUT2D eigenvalue weighted by Crippen LogP contribution is 2.29. The summed E-state index contributed by atoms with van der Waals surface area (Å²) in [6.07, 6.45) is 0. The van der Waals surface area contributed by atoms with Gasteiger partial charge in [0.2, 0.25) is 0 Å². The molecule has 0 aliphatic heterocycles. The van der Waals surface area contributed by atoms with Gasteiger partial charge in [0, 0.05) is 11.1 Å². The van der Waals surface area contributed by atoms with Crippen molar-refractivity contribution in [2.45, 2.75) is 12.5 Å². The molecule has 0 saturated carbocycles. The predicted octanol–water partition coefficient (Wildman–Crippen LogP) is 2.69. The summed E-state index contributed by atoms with van der Waals surface area (Å²) in [5.41, 5.74) is 0.744. The fourth-order valence-corrected chi connectivity index (χ4v) is 2.06. The molecule has 2 aromatic rings. The van der Waals surface area contributed by atoms with Gasteiger partial charge < -0.3 is 5.11 Å². The maximum absolute atomic E-state index is 10.9. The van der Waals surface area contributed by atoms with Crippen molar-refractivity contribution in [1.29, 1.82) is 10.5 Å². The second kappa shape index (κ2) is 5.93. The molecule has 2 aromatic carbocycles. The Morgan fingerprint density at radius 2 is 1.19 bits per heavy atom. The van der Waals surface area contributed by atoms with E-state index in [0.29, 0.717) is 22.3 Å². The van der Waals surface area contributed by atoms with Gasteiger partial charge in [0.25, 0.3) is 0 Å². The van der Waals surface area contributed by atoms with Crippen LogP contribution in [0, 0.1) is 34.5 Å². The fourth-order valence-electron chi connectivity index (χ4n) is 2.06. The molecule has 0 bridgehead atoms. The smallest absolute Gasteiger partial charge is 0.176 e. The Morgan fingerprint density at radius 3 is 1.48 bits per heavy atom. The van der Waals surface area contributed by atoms with Crippen molar-refractivity contribution >= 4 is 0 Å². The topological polar surface area (TPSA) is 67.8 Å². The van der Waals surface area contributed by atoms with Gasteiger partial charge in [-0.15, -0.1) is 5.92 Å². The molecule has 0 aliphatic rings. The summed E-state index contributed by atoms with van der Waals surface area (Å²) < 4.78 is 0. The molecular weight excluding hydrogens is 260 g/mol. The number of nitriles is 2. The van der Waals surface area contributed by atoms with Gasteiger partial charge in [-0.2, -0.15) is 10.5 Å². The van der Waals surface area contributed by atoms with E-state index in [1.54, 1.807) is 55.5 Å². The summed E-state index contributed by atoms with van der Waals surface area (Å²) in [5.74, 6) is 5.54. The zero-order chi connectivity index (χ0) is 15.3. The van der Waals surface area contributed by atoms with Crippen LogP contribution >= 0.6 is 0 Å². The van der Waals surface area contributed by atoms with Crippen LogP contribution in [0.25, 0.3) is 0 Å². The average Bonchev–Trinajstić information content (AvgIpc) is 2.55. The lowest BCUT2D eigenvalue weighted by atomic mass is 9.86. The van der Waals surface area contributed by atoms with E-state index in [0.717, 1.165) is 0 Å². The summed E-state index contributed by atoms with van der Waals surface area (Å²) in [4.78, 5) is 0. The number of nitrogens with zero attached hydrogens (tertiary/aromatic N) is 2. The first-order valence-electron chi connectivity index (χ1n) is 6.31. The van der Waals surface area contributed by atoms with E-state index in [2.05, 4.69) is 11.8 Å². The molecule has 3 nitrogen and oxygen atoms in total. The summed E-state index contributed by atoms with van der Waals surface area (Å²) in [5, 5.41) is 28.6. The van der Waals surface area contributed by atoms with Crippen LogP contribution in [-0.2, 0) is 5.60 Å². The summed E-state index contributed by atoms with van der Waals surface area (Å²) in [6, 6.07) is 17.4. The molecule has 0 aromatic heterocycles. The Hall–Kier alpha value is -3.06. The number of benzene rings is 2. The highest BCUT2D eigenvalue weighted by atomic mass is 16.3. The van der Waals surface area contributed by atoms with Crippen molar-refractivity contribution in [2.24, 2.45) is 0 Å². The third-order valence-electron chi connectivity index (χ3n) is 3.17. The van der Waals surface area contributed by atoms with Crippen LogP contribution in [0.4, 0.5) is 0 Å². The number of aliphatic hydroxyl groups is 1. The van der Waals surface area contributed by atoms with E-state index in [1.807, 2.05) is 12.1 Å². The third kappa shape index (κ3) is 2.77. The minimum atomic E-state index is -1.46. The van der Waals surface area contributed by atoms with E-state index >= 15 is 0 Å². The van der Waals surface area contributed by atoms with Gasteiger partial charge in [-0.3, -0.25) is 0 Å². The minimum Gasteiger partial charge on any atom is -0.369 e. The normalized spacial score (nSPS) is 9.90. The van der Waals surface area contributed by atoms with Crippen LogP contribution in [0.1, 0.15) is 29.2 Å². The molecule has 0 aliphatic carbocycles. The van der Waals surface area contributed by atoms with Crippen molar-refractivity contribution in [1.82, 2.24) is 0 Å². The molecule has 1 N–H and O–H groups in total. The zero-order valence-electron chi connectivity index (χ0n) is 11.5. The average molecular weight is 272 g/mol. The van der Waals surface area contributed by atoms with Gasteiger partial charge in [0.15, 0.2) is 5.60 Å². The van der Waals surface area contributed by atoms with E-state index in [-0.39, 0.29) is 0 Å². The Kier molecular flexibility index (Phi) is 4.05. The standard InChI is InChI=1S/C18H12N2O/c1-2-11-18(21,16-7-3-14(12-19)4-8-16)17-9-5-15(13-20)6-10-17/h3-10,21H,1H3. The molecule has 0 fully saturated rings. The Morgan fingerprint density at radius 1 is 0.810 bits per heavy atom. The first-order valence-corrected chi connectivity index (χ1v) is 6.31. The van der Waals surface area contributed by atoms with E-state index in [1.165, 1.54) is 0 Å². The summed E-state index contributed by atoms with van der Waals surface area (Å²) in [7, 11) is 0. The van der Waals surface area contributed by atoms with Gasteiger partial charge in [0.1, 0.15) is 0 Å². The van der Waals surface area contributed by atoms with Gasteiger partial charge in [-0.1, -0.05) is 30.2 Å².